The molecule has 0 saturated heterocycles. The van der Waals surface area contributed by atoms with Gasteiger partial charge in [-0.15, -0.1) is 0 Å². The summed E-state index contributed by atoms with van der Waals surface area (Å²) in [6.45, 7) is 4.11. The first-order chi connectivity index (χ1) is 6.63. The topological polar surface area (TPSA) is 98.0 Å². The Morgan fingerprint density at radius 2 is 1.27 bits per heavy atom. The Morgan fingerprint density at radius 3 is 1.27 bits per heavy atom. The number of carboxylic acids is 1. The van der Waals surface area contributed by atoms with Crippen LogP contribution in [-0.2, 0) is 4.79 Å². The van der Waals surface area contributed by atoms with Gasteiger partial charge in [-0.3, -0.25) is 4.79 Å². The third-order valence-electron chi connectivity index (χ3n) is 1.67. The van der Waals surface area contributed by atoms with Gasteiger partial charge in [0, 0.05) is 5.41 Å². The first kappa shape index (κ1) is 17.1. The van der Waals surface area contributed by atoms with Crippen molar-refractivity contribution in [1.29, 1.82) is 0 Å². The smallest absolute Gasteiger partial charge is 0.318 e. The van der Waals surface area contributed by atoms with Crippen molar-refractivity contribution >= 4 is 18.6 Å². The van der Waals surface area contributed by atoms with E-state index in [1.165, 1.54) is 13.8 Å². The van der Waals surface area contributed by atoms with Crippen LogP contribution in [0.15, 0.2) is 0 Å². The second-order valence-corrected chi connectivity index (χ2v) is 5.27. The fraction of sp³-hybridized carbons (Fsp3) is 0.889. The van der Waals surface area contributed by atoms with Gasteiger partial charge in [0.15, 0.2) is 0 Å². The van der Waals surface area contributed by atoms with E-state index in [9.17, 15) is 4.79 Å². The first-order valence-corrected chi connectivity index (χ1v) is 4.86. The van der Waals surface area contributed by atoms with Crippen LogP contribution < -0.4 is 0 Å². The monoisotopic (exact) mass is 240 g/mol. The molecule has 5 nitrogen and oxygen atoms in total. The molecule has 0 unspecified atom stereocenters. The number of aliphatic hydroxyl groups is 3. The zero-order valence-corrected chi connectivity index (χ0v) is 10.2. The number of aliphatic hydroxyl groups excluding tert-OH is 3. The molecule has 0 aromatic heterocycles. The third kappa shape index (κ3) is 8.68. The Morgan fingerprint density at radius 1 is 1.07 bits per heavy atom. The molecule has 0 aliphatic heterocycles. The summed E-state index contributed by atoms with van der Waals surface area (Å²) in [5.41, 5.74) is -0.708. The normalized spacial score (nSPS) is 11.7. The Bertz CT molecular complexity index is 175. The maximum atomic E-state index is 9.94. The Balaban J connectivity index is 0. The average molecular weight is 240 g/mol. The van der Waals surface area contributed by atoms with Crippen molar-refractivity contribution in [3.8, 4) is 0 Å². The predicted octanol–water partition coefficient (Wildman–Crippen LogP) is -0.251. The molecule has 0 saturated carbocycles. The Kier molecular flexibility index (Phi) is 8.04. The van der Waals surface area contributed by atoms with Crippen molar-refractivity contribution in [1.82, 2.24) is 0 Å². The van der Waals surface area contributed by atoms with Crippen molar-refractivity contribution < 1.29 is 25.2 Å². The number of rotatable bonds is 4. The van der Waals surface area contributed by atoms with Crippen molar-refractivity contribution in [3.05, 3.63) is 0 Å². The van der Waals surface area contributed by atoms with E-state index < -0.39 is 16.1 Å². The maximum Gasteiger partial charge on any atom is 0.318 e. The number of thiol groups is 1. The van der Waals surface area contributed by atoms with Crippen LogP contribution in [0.1, 0.15) is 20.8 Å². The molecule has 0 aromatic carbocycles. The fourth-order valence-electron chi connectivity index (χ4n) is 0.150. The predicted molar refractivity (Wildman–Crippen MR) is 60.1 cm³/mol. The lowest BCUT2D eigenvalue weighted by Crippen LogP contribution is -2.29. The van der Waals surface area contributed by atoms with Crippen LogP contribution in [-0.4, -0.2) is 51.0 Å². The van der Waals surface area contributed by atoms with E-state index >= 15 is 0 Å². The first-order valence-electron chi connectivity index (χ1n) is 4.41. The summed E-state index contributed by atoms with van der Waals surface area (Å²) < 4.78 is -0.889. The van der Waals surface area contributed by atoms with Crippen LogP contribution >= 0.6 is 12.6 Å². The van der Waals surface area contributed by atoms with Crippen molar-refractivity contribution in [2.75, 3.05) is 19.8 Å². The molecule has 0 spiro atoms. The second-order valence-electron chi connectivity index (χ2n) is 4.15. The van der Waals surface area contributed by atoms with E-state index in [1.54, 1.807) is 6.92 Å². The molecule has 4 N–H and O–H groups in total. The minimum atomic E-state index is -0.893. The van der Waals surface area contributed by atoms with Crippen molar-refractivity contribution in [2.24, 2.45) is 5.41 Å². The van der Waals surface area contributed by atoms with E-state index in [-0.39, 0.29) is 19.8 Å². The third-order valence-corrected chi connectivity index (χ3v) is 1.86. The van der Waals surface area contributed by atoms with Gasteiger partial charge in [0.1, 0.15) is 4.75 Å². The highest BCUT2D eigenvalue weighted by atomic mass is 32.1. The van der Waals surface area contributed by atoms with Gasteiger partial charge in [-0.05, 0) is 13.8 Å². The fourth-order valence-corrected chi connectivity index (χ4v) is 0.150. The molecule has 0 atom stereocenters. The highest BCUT2D eigenvalue weighted by Gasteiger charge is 2.20. The lowest BCUT2D eigenvalue weighted by atomic mass is 9.95. The zero-order chi connectivity index (χ0) is 12.7. The minimum Gasteiger partial charge on any atom is -0.480 e. The summed E-state index contributed by atoms with van der Waals surface area (Å²) >= 11 is 3.75. The van der Waals surface area contributed by atoms with Gasteiger partial charge in [0.25, 0.3) is 0 Å². The molecule has 0 fully saturated rings. The van der Waals surface area contributed by atoms with Crippen molar-refractivity contribution in [2.45, 2.75) is 25.5 Å². The number of carbonyl (C=O) groups is 1. The van der Waals surface area contributed by atoms with E-state index in [0.29, 0.717) is 0 Å². The summed E-state index contributed by atoms with van der Waals surface area (Å²) in [5.74, 6) is -0.893. The Hall–Kier alpha value is -0.300. The summed E-state index contributed by atoms with van der Waals surface area (Å²) in [6, 6.07) is 0. The van der Waals surface area contributed by atoms with Gasteiger partial charge in [-0.2, -0.15) is 12.6 Å². The molecule has 92 valence electrons. The molecule has 0 amide bonds. The van der Waals surface area contributed by atoms with Gasteiger partial charge in [-0.1, -0.05) is 6.92 Å². The molecule has 0 aliphatic rings. The van der Waals surface area contributed by atoms with E-state index in [2.05, 4.69) is 12.6 Å². The number of aliphatic carboxylic acids is 1. The zero-order valence-electron chi connectivity index (χ0n) is 9.27. The van der Waals surface area contributed by atoms with Gasteiger partial charge >= 0.3 is 5.97 Å². The van der Waals surface area contributed by atoms with Gasteiger partial charge in [0.2, 0.25) is 0 Å². The van der Waals surface area contributed by atoms with Crippen LogP contribution in [0.5, 0.6) is 0 Å². The molecule has 6 heteroatoms. The molecule has 15 heavy (non-hydrogen) atoms. The van der Waals surface area contributed by atoms with Crippen LogP contribution in [0.2, 0.25) is 0 Å². The average Bonchev–Trinajstić information content (AvgIpc) is 2.16. The molecule has 0 radical (unpaired) electrons. The van der Waals surface area contributed by atoms with Crippen molar-refractivity contribution in [3.63, 3.8) is 0 Å². The summed E-state index contributed by atoms with van der Waals surface area (Å²) in [4.78, 5) is 9.94. The summed E-state index contributed by atoms with van der Waals surface area (Å²) in [6.07, 6.45) is 0. The summed E-state index contributed by atoms with van der Waals surface area (Å²) in [5, 5.41) is 33.6. The number of hydrogen-bond donors (Lipinski definition) is 5. The Labute approximate surface area is 95.2 Å². The van der Waals surface area contributed by atoms with Crippen LogP contribution in [0, 0.1) is 5.41 Å². The quantitative estimate of drug-likeness (QED) is 0.436. The second kappa shape index (κ2) is 7.05. The van der Waals surface area contributed by atoms with Gasteiger partial charge in [0.05, 0.1) is 19.8 Å². The summed E-state index contributed by atoms with van der Waals surface area (Å²) in [7, 11) is 0. The van der Waals surface area contributed by atoms with Crippen LogP contribution in [0.3, 0.4) is 0 Å². The molecule has 0 aromatic rings. The van der Waals surface area contributed by atoms with Crippen LogP contribution in [0.25, 0.3) is 0 Å². The van der Waals surface area contributed by atoms with Crippen LogP contribution in [0.4, 0.5) is 0 Å². The lowest BCUT2D eigenvalue weighted by Gasteiger charge is -2.20. The van der Waals surface area contributed by atoms with E-state index in [0.717, 1.165) is 0 Å². The van der Waals surface area contributed by atoms with E-state index in [1.807, 2.05) is 0 Å². The standard InChI is InChI=1S/C5H12O3.C4H8O2S/c1-5(2-6,3-7)4-8;1-4(2,7)3(5)6/h6-8H,2-4H2,1H3;7H,1-2H3,(H,5,6). The SMILES string of the molecule is CC(C)(S)C(=O)O.CC(CO)(CO)CO. The molecular weight excluding hydrogens is 220 g/mol. The largest absolute Gasteiger partial charge is 0.480 e. The lowest BCUT2D eigenvalue weighted by molar-refractivity contribution is -0.138. The number of hydrogen-bond acceptors (Lipinski definition) is 5. The molecule has 0 rings (SSSR count). The van der Waals surface area contributed by atoms with E-state index in [4.69, 9.17) is 20.4 Å². The highest BCUT2D eigenvalue weighted by molar-refractivity contribution is 7.82. The molecular formula is C9H20O5S. The van der Waals surface area contributed by atoms with Gasteiger partial charge < -0.3 is 20.4 Å². The number of carboxylic acid groups (broad SMARTS) is 1. The molecule has 0 heterocycles. The highest BCUT2D eigenvalue weighted by Crippen LogP contribution is 2.11. The maximum absolute atomic E-state index is 9.94. The molecule has 0 bridgehead atoms. The van der Waals surface area contributed by atoms with Gasteiger partial charge in [-0.25, -0.2) is 0 Å². The minimum absolute atomic E-state index is 0.181. The molecule has 0 aliphatic carbocycles.